The minimum absolute atomic E-state index is 0.212. The second-order valence-electron chi connectivity index (χ2n) is 5.89. The highest BCUT2D eigenvalue weighted by atomic mass is 16.5. The van der Waals surface area contributed by atoms with E-state index in [2.05, 4.69) is 26.1 Å². The molecule has 0 aliphatic rings. The van der Waals surface area contributed by atoms with E-state index in [1.54, 1.807) is 48.8 Å². The van der Waals surface area contributed by atoms with Gasteiger partial charge in [0.15, 0.2) is 6.61 Å². The molecule has 0 saturated carbocycles. The van der Waals surface area contributed by atoms with Crippen LogP contribution in [0.5, 0.6) is 5.75 Å². The number of ether oxygens (including phenoxy) is 1. The van der Waals surface area contributed by atoms with Crippen LogP contribution >= 0.6 is 0 Å². The monoisotopic (exact) mass is 377 g/mol. The fraction of sp³-hybridized carbons (Fsp3) is 0.100. The maximum absolute atomic E-state index is 12.2. The predicted octanol–water partition coefficient (Wildman–Crippen LogP) is 2.37. The summed E-state index contributed by atoms with van der Waals surface area (Å²) >= 11 is 0. The van der Waals surface area contributed by atoms with Gasteiger partial charge in [0, 0.05) is 23.6 Å². The minimum Gasteiger partial charge on any atom is -0.484 e. The van der Waals surface area contributed by atoms with Gasteiger partial charge in [-0.05, 0) is 48.9 Å². The molecule has 0 aliphatic heterocycles. The van der Waals surface area contributed by atoms with Crippen LogP contribution in [0.3, 0.4) is 0 Å². The van der Waals surface area contributed by atoms with Gasteiger partial charge in [-0.2, -0.15) is 0 Å². The van der Waals surface area contributed by atoms with Crippen LogP contribution in [0.25, 0.3) is 0 Å². The molecule has 8 heteroatoms. The molecule has 8 nitrogen and oxygen atoms in total. The number of amides is 2. The Bertz CT molecular complexity index is 963. The van der Waals surface area contributed by atoms with Crippen molar-refractivity contribution in [1.82, 2.24) is 20.8 Å². The lowest BCUT2D eigenvalue weighted by molar-refractivity contribution is -0.123. The predicted molar refractivity (Wildman–Crippen MR) is 104 cm³/mol. The van der Waals surface area contributed by atoms with E-state index in [0.717, 1.165) is 5.56 Å². The van der Waals surface area contributed by atoms with Crippen LogP contribution in [0, 0.1) is 6.92 Å². The highest BCUT2D eigenvalue weighted by Gasteiger charge is 2.09. The summed E-state index contributed by atoms with van der Waals surface area (Å²) < 4.78 is 5.38. The van der Waals surface area contributed by atoms with Crippen molar-refractivity contribution in [2.24, 2.45) is 0 Å². The van der Waals surface area contributed by atoms with Crippen LogP contribution in [0.4, 0.5) is 11.6 Å². The highest BCUT2D eigenvalue weighted by Crippen LogP contribution is 2.14. The van der Waals surface area contributed by atoms with E-state index >= 15 is 0 Å². The van der Waals surface area contributed by atoms with Crippen molar-refractivity contribution in [3.8, 4) is 5.75 Å². The van der Waals surface area contributed by atoms with Crippen molar-refractivity contribution < 1.29 is 14.3 Å². The van der Waals surface area contributed by atoms with Gasteiger partial charge in [0.05, 0.1) is 0 Å². The quantitative estimate of drug-likeness (QED) is 0.570. The van der Waals surface area contributed by atoms with Crippen LogP contribution in [-0.4, -0.2) is 28.4 Å². The number of nitrogens with one attached hydrogen (secondary N) is 3. The maximum Gasteiger partial charge on any atom is 0.276 e. The molecular formula is C20H19N5O3. The van der Waals surface area contributed by atoms with E-state index in [4.69, 9.17) is 4.74 Å². The Labute approximate surface area is 162 Å². The third-order valence-electron chi connectivity index (χ3n) is 3.62. The van der Waals surface area contributed by atoms with Gasteiger partial charge in [0.1, 0.15) is 5.75 Å². The van der Waals surface area contributed by atoms with Crippen molar-refractivity contribution >= 4 is 23.5 Å². The van der Waals surface area contributed by atoms with Gasteiger partial charge in [-0.1, -0.05) is 18.2 Å². The zero-order valence-electron chi connectivity index (χ0n) is 15.2. The lowest BCUT2D eigenvalue weighted by Crippen LogP contribution is -2.43. The molecule has 3 aromatic rings. The van der Waals surface area contributed by atoms with Crippen molar-refractivity contribution in [2.75, 3.05) is 11.9 Å². The number of benzene rings is 2. The van der Waals surface area contributed by atoms with E-state index in [1.807, 2.05) is 25.1 Å². The Balaban J connectivity index is 1.50. The first-order valence-electron chi connectivity index (χ1n) is 8.53. The lowest BCUT2D eigenvalue weighted by atomic mass is 10.2. The molecule has 3 rings (SSSR count). The molecule has 142 valence electrons. The lowest BCUT2D eigenvalue weighted by Gasteiger charge is -2.10. The molecule has 0 unspecified atom stereocenters. The van der Waals surface area contributed by atoms with Crippen LogP contribution in [0.15, 0.2) is 67.0 Å². The minimum atomic E-state index is -0.471. The number of hydrogen-bond donors (Lipinski definition) is 3. The normalized spacial score (nSPS) is 10.0. The Morgan fingerprint density at radius 1 is 0.964 bits per heavy atom. The van der Waals surface area contributed by atoms with Crippen molar-refractivity contribution in [2.45, 2.75) is 6.92 Å². The van der Waals surface area contributed by atoms with Crippen molar-refractivity contribution in [3.63, 3.8) is 0 Å². The number of rotatable bonds is 6. The molecule has 2 aromatic carbocycles. The summed E-state index contributed by atoms with van der Waals surface area (Å²) in [6, 6.07) is 15.8. The average Bonchev–Trinajstić information content (AvgIpc) is 2.71. The molecule has 0 atom stereocenters. The third kappa shape index (κ3) is 5.53. The van der Waals surface area contributed by atoms with Gasteiger partial charge in [-0.25, -0.2) is 9.97 Å². The summed E-state index contributed by atoms with van der Waals surface area (Å²) in [4.78, 5) is 32.2. The van der Waals surface area contributed by atoms with Crippen LogP contribution < -0.4 is 20.9 Å². The average molecular weight is 377 g/mol. The largest absolute Gasteiger partial charge is 0.484 e. The van der Waals surface area contributed by atoms with Gasteiger partial charge in [-0.15, -0.1) is 0 Å². The Morgan fingerprint density at radius 2 is 1.75 bits per heavy atom. The van der Waals surface area contributed by atoms with Crippen molar-refractivity contribution in [3.05, 3.63) is 78.1 Å². The molecule has 1 heterocycles. The first kappa shape index (κ1) is 18.8. The molecule has 0 aliphatic carbocycles. The number of carbonyl (C=O) groups is 2. The fourth-order valence-electron chi connectivity index (χ4n) is 2.32. The molecule has 0 saturated heterocycles. The SMILES string of the molecule is Cc1cccc(OCC(=O)NNC(=O)c2cccc(Nc3ncccn3)c2)c1. The molecule has 0 fully saturated rings. The molecular weight excluding hydrogens is 358 g/mol. The van der Waals surface area contributed by atoms with E-state index in [1.165, 1.54) is 0 Å². The number of hydrazine groups is 1. The first-order chi connectivity index (χ1) is 13.6. The van der Waals surface area contributed by atoms with Crippen molar-refractivity contribution in [1.29, 1.82) is 0 Å². The third-order valence-corrected chi connectivity index (χ3v) is 3.62. The fourth-order valence-corrected chi connectivity index (χ4v) is 2.32. The van der Waals surface area contributed by atoms with Crippen LogP contribution in [0.1, 0.15) is 15.9 Å². The smallest absolute Gasteiger partial charge is 0.276 e. The zero-order valence-corrected chi connectivity index (χ0v) is 15.2. The van der Waals surface area contributed by atoms with Gasteiger partial charge in [-0.3, -0.25) is 20.4 Å². The topological polar surface area (TPSA) is 105 Å². The van der Waals surface area contributed by atoms with Gasteiger partial charge < -0.3 is 10.1 Å². The standard InChI is InChI=1S/C20H19N5O3/c1-14-5-2-8-17(11-14)28-13-18(26)24-25-19(27)15-6-3-7-16(12-15)23-20-21-9-4-10-22-20/h2-12H,13H2,1H3,(H,24,26)(H,25,27)(H,21,22,23). The van der Waals surface area contributed by atoms with Crippen LogP contribution in [-0.2, 0) is 4.79 Å². The molecule has 0 radical (unpaired) electrons. The second-order valence-corrected chi connectivity index (χ2v) is 5.89. The molecule has 0 spiro atoms. The summed E-state index contributed by atoms with van der Waals surface area (Å²) in [5.41, 5.74) is 6.72. The number of anilines is 2. The maximum atomic E-state index is 12.2. The summed E-state index contributed by atoms with van der Waals surface area (Å²) in [6.07, 6.45) is 3.22. The number of aromatic nitrogens is 2. The number of hydrogen-bond acceptors (Lipinski definition) is 6. The molecule has 2 amide bonds. The van der Waals surface area contributed by atoms with Gasteiger partial charge in [0.25, 0.3) is 11.8 Å². The highest BCUT2D eigenvalue weighted by molar-refractivity contribution is 5.96. The van der Waals surface area contributed by atoms with E-state index < -0.39 is 11.8 Å². The Kier molecular flexibility index (Phi) is 6.14. The molecule has 3 N–H and O–H groups in total. The number of nitrogens with zero attached hydrogens (tertiary/aromatic N) is 2. The zero-order chi connectivity index (χ0) is 19.8. The number of aryl methyl sites for hydroxylation is 1. The Hall–Kier alpha value is -3.94. The first-order valence-corrected chi connectivity index (χ1v) is 8.53. The summed E-state index contributed by atoms with van der Waals surface area (Å²) in [7, 11) is 0. The van der Waals surface area contributed by atoms with E-state index in [-0.39, 0.29) is 6.61 Å². The summed E-state index contributed by atoms with van der Waals surface area (Å²) in [5.74, 6) is 0.0772. The Morgan fingerprint density at radius 3 is 2.54 bits per heavy atom. The second kappa shape index (κ2) is 9.13. The summed E-state index contributed by atoms with van der Waals surface area (Å²) in [5, 5.41) is 3.00. The van der Waals surface area contributed by atoms with E-state index in [0.29, 0.717) is 22.9 Å². The van der Waals surface area contributed by atoms with Gasteiger partial charge in [0.2, 0.25) is 5.95 Å². The van der Waals surface area contributed by atoms with Crippen LogP contribution in [0.2, 0.25) is 0 Å². The van der Waals surface area contributed by atoms with E-state index in [9.17, 15) is 9.59 Å². The molecule has 1 aromatic heterocycles. The molecule has 0 bridgehead atoms. The number of carbonyl (C=O) groups excluding carboxylic acids is 2. The molecule has 28 heavy (non-hydrogen) atoms. The summed E-state index contributed by atoms with van der Waals surface area (Å²) in [6.45, 7) is 1.72. The van der Waals surface area contributed by atoms with Gasteiger partial charge >= 0.3 is 0 Å².